The maximum atomic E-state index is 10.6. The van der Waals surface area contributed by atoms with E-state index in [-0.39, 0.29) is 0 Å². The molecule has 22 heavy (non-hydrogen) atoms. The Labute approximate surface area is 124 Å². The molecule has 1 saturated heterocycles. The zero-order chi connectivity index (χ0) is 16.0. The molecule has 4 rings (SSSR count). The van der Waals surface area contributed by atoms with Crippen LogP contribution in [0.4, 0.5) is 13.2 Å². The second-order valence-electron chi connectivity index (χ2n) is 6.33. The van der Waals surface area contributed by atoms with Crippen molar-refractivity contribution in [3.8, 4) is 0 Å². The number of nitrogens with one attached hydrogen (secondary N) is 1. The lowest BCUT2D eigenvalue weighted by atomic mass is 9.62. The van der Waals surface area contributed by atoms with Crippen molar-refractivity contribution in [1.82, 2.24) is 20.1 Å². The van der Waals surface area contributed by atoms with Crippen LogP contribution >= 0.6 is 0 Å². The summed E-state index contributed by atoms with van der Waals surface area (Å²) in [6.45, 7) is 2.43. The van der Waals surface area contributed by atoms with Crippen LogP contribution in [0.5, 0.6) is 0 Å². The van der Waals surface area contributed by atoms with Crippen LogP contribution in [-0.2, 0) is 4.79 Å². The maximum Gasteiger partial charge on any atom is 0.490 e. The van der Waals surface area contributed by atoms with Crippen LogP contribution in [0.1, 0.15) is 43.5 Å². The van der Waals surface area contributed by atoms with E-state index in [1.165, 1.54) is 38.8 Å². The summed E-state index contributed by atoms with van der Waals surface area (Å²) in [6.07, 6.45) is 2.04. The third-order valence-corrected chi connectivity index (χ3v) is 4.42. The standard InChI is InChI=1S/C11H16N4.C2HF3O2/c1-2-8(1)10-13-7-15(14-10)9-3-11(4-9)5-12-6-11;3-2(4,5)1(6)7/h7-9,12H,1-6H2;(H,6,7). The summed E-state index contributed by atoms with van der Waals surface area (Å²) in [7, 11) is 0. The van der Waals surface area contributed by atoms with E-state index in [1.54, 1.807) is 0 Å². The predicted octanol–water partition coefficient (Wildman–Crippen LogP) is 1.71. The van der Waals surface area contributed by atoms with Crippen molar-refractivity contribution < 1.29 is 23.1 Å². The monoisotopic (exact) mass is 318 g/mol. The SMILES string of the molecule is O=C(O)C(F)(F)F.c1nc(C2CC2)nn1C1CC2(CNC2)C1. The Morgan fingerprint density at radius 3 is 2.36 bits per heavy atom. The van der Waals surface area contributed by atoms with Crippen molar-refractivity contribution in [1.29, 1.82) is 0 Å². The normalized spacial score (nSPS) is 23.2. The first-order valence-corrected chi connectivity index (χ1v) is 7.21. The molecule has 0 atom stereocenters. The topological polar surface area (TPSA) is 80.0 Å². The fraction of sp³-hybridized carbons (Fsp3) is 0.769. The Morgan fingerprint density at radius 2 is 1.95 bits per heavy atom. The average molecular weight is 318 g/mol. The number of carbonyl (C=O) groups is 1. The molecule has 2 N–H and O–H groups in total. The van der Waals surface area contributed by atoms with Crippen LogP contribution in [0.3, 0.4) is 0 Å². The van der Waals surface area contributed by atoms with Crippen LogP contribution in [-0.4, -0.2) is 45.1 Å². The smallest absolute Gasteiger partial charge is 0.475 e. The lowest BCUT2D eigenvalue weighted by Gasteiger charge is -2.54. The fourth-order valence-corrected chi connectivity index (χ4v) is 2.89. The van der Waals surface area contributed by atoms with Gasteiger partial charge in [0, 0.05) is 19.0 Å². The van der Waals surface area contributed by atoms with Crippen molar-refractivity contribution in [2.75, 3.05) is 13.1 Å². The van der Waals surface area contributed by atoms with Crippen LogP contribution in [0.25, 0.3) is 0 Å². The first-order chi connectivity index (χ1) is 10.3. The first kappa shape index (κ1) is 15.3. The van der Waals surface area contributed by atoms with Crippen molar-refractivity contribution in [2.45, 2.75) is 43.8 Å². The molecule has 1 aromatic rings. The van der Waals surface area contributed by atoms with Crippen molar-refractivity contribution in [3.63, 3.8) is 0 Å². The Morgan fingerprint density at radius 1 is 1.36 bits per heavy atom. The molecule has 2 heterocycles. The van der Waals surface area contributed by atoms with E-state index in [4.69, 9.17) is 9.90 Å². The Balaban J connectivity index is 0.000000178. The molecule has 3 fully saturated rings. The quantitative estimate of drug-likeness (QED) is 0.868. The lowest BCUT2D eigenvalue weighted by molar-refractivity contribution is -0.192. The van der Waals surface area contributed by atoms with Gasteiger partial charge in [0.25, 0.3) is 0 Å². The molecule has 0 radical (unpaired) electrons. The molecule has 9 heteroatoms. The molecule has 1 aliphatic heterocycles. The zero-order valence-electron chi connectivity index (χ0n) is 11.8. The molecule has 0 amide bonds. The Bertz CT molecular complexity index is 556. The molecule has 6 nitrogen and oxygen atoms in total. The number of hydrogen-bond acceptors (Lipinski definition) is 4. The molecular formula is C13H17F3N4O2. The number of hydrogen-bond donors (Lipinski definition) is 2. The van der Waals surface area contributed by atoms with E-state index in [0.717, 1.165) is 5.82 Å². The van der Waals surface area contributed by atoms with Crippen molar-refractivity contribution >= 4 is 5.97 Å². The molecule has 2 saturated carbocycles. The average Bonchev–Trinajstić information content (AvgIpc) is 3.05. The highest BCUT2D eigenvalue weighted by molar-refractivity contribution is 5.73. The minimum Gasteiger partial charge on any atom is -0.475 e. The number of rotatable bonds is 2. The van der Waals surface area contributed by atoms with Gasteiger partial charge in [-0.15, -0.1) is 0 Å². The third kappa shape index (κ3) is 3.08. The van der Waals surface area contributed by atoms with Gasteiger partial charge in [-0.05, 0) is 31.1 Å². The summed E-state index contributed by atoms with van der Waals surface area (Å²) in [4.78, 5) is 13.3. The minimum atomic E-state index is -5.08. The van der Waals surface area contributed by atoms with Gasteiger partial charge in [-0.1, -0.05) is 0 Å². The van der Waals surface area contributed by atoms with Crippen LogP contribution in [0, 0.1) is 5.41 Å². The van der Waals surface area contributed by atoms with Gasteiger partial charge in [0.1, 0.15) is 6.33 Å². The number of aliphatic carboxylic acids is 1. The summed E-state index contributed by atoms with van der Waals surface area (Å²) in [5, 5.41) is 15.1. The van der Waals surface area contributed by atoms with E-state index in [1.807, 2.05) is 6.33 Å². The van der Waals surface area contributed by atoms with Gasteiger partial charge in [-0.3, -0.25) is 0 Å². The fourth-order valence-electron chi connectivity index (χ4n) is 2.89. The van der Waals surface area contributed by atoms with Gasteiger partial charge in [0.05, 0.1) is 6.04 Å². The second kappa shape index (κ2) is 5.22. The number of carboxylic acids is 1. The van der Waals surface area contributed by atoms with Crippen LogP contribution < -0.4 is 5.32 Å². The van der Waals surface area contributed by atoms with E-state index in [9.17, 15) is 13.2 Å². The molecule has 1 aromatic heterocycles. The van der Waals surface area contributed by atoms with Gasteiger partial charge >= 0.3 is 12.1 Å². The third-order valence-electron chi connectivity index (χ3n) is 4.42. The second-order valence-corrected chi connectivity index (χ2v) is 6.33. The van der Waals surface area contributed by atoms with Gasteiger partial charge in [0.2, 0.25) is 0 Å². The summed E-state index contributed by atoms with van der Waals surface area (Å²) in [5.41, 5.74) is 0.635. The summed E-state index contributed by atoms with van der Waals surface area (Å²) in [6, 6.07) is 0.632. The van der Waals surface area contributed by atoms with E-state index < -0.39 is 12.1 Å². The molecule has 122 valence electrons. The van der Waals surface area contributed by atoms with Crippen molar-refractivity contribution in [3.05, 3.63) is 12.2 Å². The molecule has 0 bridgehead atoms. The van der Waals surface area contributed by atoms with E-state index in [0.29, 0.717) is 17.4 Å². The van der Waals surface area contributed by atoms with Crippen LogP contribution in [0.15, 0.2) is 6.33 Å². The van der Waals surface area contributed by atoms with Crippen LogP contribution in [0.2, 0.25) is 0 Å². The molecule has 0 aromatic carbocycles. The number of halogens is 3. The van der Waals surface area contributed by atoms with E-state index >= 15 is 0 Å². The summed E-state index contributed by atoms with van der Waals surface area (Å²) in [5.74, 6) is -0.985. The summed E-state index contributed by atoms with van der Waals surface area (Å²) >= 11 is 0. The van der Waals surface area contributed by atoms with E-state index in [2.05, 4.69) is 20.1 Å². The summed E-state index contributed by atoms with van der Waals surface area (Å²) < 4.78 is 33.8. The largest absolute Gasteiger partial charge is 0.490 e. The molecular weight excluding hydrogens is 301 g/mol. The maximum absolute atomic E-state index is 10.6. The predicted molar refractivity (Wildman–Crippen MR) is 69.3 cm³/mol. The highest BCUT2D eigenvalue weighted by Gasteiger charge is 2.49. The highest BCUT2D eigenvalue weighted by atomic mass is 19.4. The molecule has 2 aliphatic carbocycles. The highest BCUT2D eigenvalue weighted by Crippen LogP contribution is 2.50. The molecule has 1 spiro atoms. The Kier molecular flexibility index (Phi) is 3.62. The number of nitrogens with zero attached hydrogens (tertiary/aromatic N) is 3. The van der Waals surface area contributed by atoms with Crippen molar-refractivity contribution in [2.24, 2.45) is 5.41 Å². The molecule has 3 aliphatic rings. The van der Waals surface area contributed by atoms with Gasteiger partial charge in [0.15, 0.2) is 5.82 Å². The number of carboxylic acid groups (broad SMARTS) is 1. The van der Waals surface area contributed by atoms with Gasteiger partial charge < -0.3 is 10.4 Å². The lowest BCUT2D eigenvalue weighted by Crippen LogP contribution is -2.60. The Hall–Kier alpha value is -1.64. The number of alkyl halides is 3. The zero-order valence-corrected chi connectivity index (χ0v) is 11.8. The molecule has 0 unspecified atom stereocenters. The number of aromatic nitrogens is 3. The first-order valence-electron chi connectivity index (χ1n) is 7.21. The minimum absolute atomic E-state index is 0.632. The van der Waals surface area contributed by atoms with Gasteiger partial charge in [-0.25, -0.2) is 14.5 Å². The van der Waals surface area contributed by atoms with Gasteiger partial charge in [-0.2, -0.15) is 18.3 Å².